The number of hydrogen-bond donors (Lipinski definition) is 1. The number of rotatable bonds is 5. The molecule has 2 amide bonds. The Morgan fingerprint density at radius 2 is 2.20 bits per heavy atom. The van der Waals surface area contributed by atoms with Crippen molar-refractivity contribution in [1.82, 2.24) is 10.2 Å². The van der Waals surface area contributed by atoms with Crippen LogP contribution in [0, 0.1) is 0 Å². The highest BCUT2D eigenvalue weighted by atomic mass is 16.6. The standard InChI is InChI=1S/C14H18N2O4/c1-2-19-13(17)15-8-9-16-10-12(20-14(16)18)11-6-4-3-5-7-11/h3-7,12H,2,8-10H2,1H3,(H,15,17). The topological polar surface area (TPSA) is 67.9 Å². The van der Waals surface area contributed by atoms with Crippen LogP contribution in [0.3, 0.4) is 0 Å². The summed E-state index contributed by atoms with van der Waals surface area (Å²) in [6, 6.07) is 9.60. The average molecular weight is 278 g/mol. The monoisotopic (exact) mass is 278 g/mol. The second kappa shape index (κ2) is 6.79. The zero-order chi connectivity index (χ0) is 14.4. The summed E-state index contributed by atoms with van der Waals surface area (Å²) in [5.74, 6) is 0. The summed E-state index contributed by atoms with van der Waals surface area (Å²) in [7, 11) is 0. The van der Waals surface area contributed by atoms with E-state index in [1.807, 2.05) is 30.3 Å². The van der Waals surface area contributed by atoms with Gasteiger partial charge >= 0.3 is 12.2 Å². The van der Waals surface area contributed by atoms with Crippen LogP contribution in [0.15, 0.2) is 30.3 Å². The first kappa shape index (κ1) is 14.2. The van der Waals surface area contributed by atoms with Crippen molar-refractivity contribution in [2.45, 2.75) is 13.0 Å². The van der Waals surface area contributed by atoms with E-state index in [4.69, 9.17) is 9.47 Å². The highest BCUT2D eigenvalue weighted by molar-refractivity contribution is 5.70. The zero-order valence-corrected chi connectivity index (χ0v) is 11.4. The van der Waals surface area contributed by atoms with Gasteiger partial charge in [0.25, 0.3) is 0 Å². The summed E-state index contributed by atoms with van der Waals surface area (Å²) in [6.07, 6.45) is -1.07. The van der Waals surface area contributed by atoms with Gasteiger partial charge in [-0.1, -0.05) is 30.3 Å². The minimum Gasteiger partial charge on any atom is -0.450 e. The van der Waals surface area contributed by atoms with Gasteiger partial charge < -0.3 is 19.7 Å². The number of cyclic esters (lactones) is 1. The second-order valence-electron chi connectivity index (χ2n) is 4.38. The number of benzene rings is 1. The number of ether oxygens (including phenoxy) is 2. The van der Waals surface area contributed by atoms with Gasteiger partial charge in [0.2, 0.25) is 0 Å². The molecule has 1 fully saturated rings. The van der Waals surface area contributed by atoms with Crippen LogP contribution in [0.25, 0.3) is 0 Å². The van der Waals surface area contributed by atoms with Crippen LogP contribution in [-0.4, -0.2) is 43.3 Å². The third-order valence-corrected chi connectivity index (χ3v) is 2.99. The summed E-state index contributed by atoms with van der Waals surface area (Å²) < 4.78 is 10.0. The molecule has 6 heteroatoms. The minimum absolute atomic E-state index is 0.244. The maximum absolute atomic E-state index is 11.7. The van der Waals surface area contributed by atoms with Gasteiger partial charge in [-0.25, -0.2) is 9.59 Å². The Bertz CT molecular complexity index is 464. The molecule has 1 unspecified atom stereocenters. The van der Waals surface area contributed by atoms with E-state index in [0.717, 1.165) is 5.56 Å². The maximum atomic E-state index is 11.7. The first-order chi connectivity index (χ1) is 9.70. The molecule has 0 bridgehead atoms. The Hall–Kier alpha value is -2.24. The maximum Gasteiger partial charge on any atom is 0.410 e. The van der Waals surface area contributed by atoms with Crippen molar-refractivity contribution in [2.24, 2.45) is 0 Å². The van der Waals surface area contributed by atoms with Crippen LogP contribution in [-0.2, 0) is 9.47 Å². The van der Waals surface area contributed by atoms with Gasteiger partial charge in [0, 0.05) is 13.1 Å². The highest BCUT2D eigenvalue weighted by Gasteiger charge is 2.31. The van der Waals surface area contributed by atoms with Crippen molar-refractivity contribution in [3.05, 3.63) is 35.9 Å². The number of carbonyl (C=O) groups excluding carboxylic acids is 2. The average Bonchev–Trinajstić information content (AvgIpc) is 2.82. The van der Waals surface area contributed by atoms with E-state index in [0.29, 0.717) is 26.2 Å². The zero-order valence-electron chi connectivity index (χ0n) is 11.4. The fourth-order valence-corrected chi connectivity index (χ4v) is 2.01. The molecule has 6 nitrogen and oxygen atoms in total. The van der Waals surface area contributed by atoms with Gasteiger partial charge in [-0.2, -0.15) is 0 Å². The molecule has 1 atom stereocenters. The molecule has 20 heavy (non-hydrogen) atoms. The molecule has 1 aromatic carbocycles. The van der Waals surface area contributed by atoms with E-state index < -0.39 is 6.09 Å². The highest BCUT2D eigenvalue weighted by Crippen LogP contribution is 2.25. The quantitative estimate of drug-likeness (QED) is 0.893. The van der Waals surface area contributed by atoms with Gasteiger partial charge in [0.15, 0.2) is 0 Å². The molecule has 1 N–H and O–H groups in total. The molecule has 0 radical (unpaired) electrons. The molecule has 1 saturated heterocycles. The van der Waals surface area contributed by atoms with E-state index in [-0.39, 0.29) is 12.2 Å². The summed E-state index contributed by atoms with van der Waals surface area (Å²) in [5, 5.41) is 2.58. The predicted octanol–water partition coefficient (Wildman–Crippen LogP) is 1.93. The van der Waals surface area contributed by atoms with E-state index in [1.54, 1.807) is 11.8 Å². The van der Waals surface area contributed by atoms with Crippen molar-refractivity contribution in [2.75, 3.05) is 26.2 Å². The predicted molar refractivity (Wildman–Crippen MR) is 72.3 cm³/mol. The Morgan fingerprint density at radius 1 is 1.45 bits per heavy atom. The smallest absolute Gasteiger partial charge is 0.410 e. The molecule has 1 aliphatic heterocycles. The van der Waals surface area contributed by atoms with Crippen LogP contribution < -0.4 is 5.32 Å². The lowest BCUT2D eigenvalue weighted by molar-refractivity contribution is 0.131. The molecular weight excluding hydrogens is 260 g/mol. The van der Waals surface area contributed by atoms with Crippen molar-refractivity contribution in [3.63, 3.8) is 0 Å². The molecule has 0 aliphatic carbocycles. The largest absolute Gasteiger partial charge is 0.450 e. The van der Waals surface area contributed by atoms with Gasteiger partial charge in [-0.3, -0.25) is 0 Å². The van der Waals surface area contributed by atoms with Gasteiger partial charge in [0.1, 0.15) is 6.10 Å². The summed E-state index contributed by atoms with van der Waals surface area (Å²) in [6.45, 7) is 3.30. The van der Waals surface area contributed by atoms with Crippen LogP contribution in [0.4, 0.5) is 9.59 Å². The molecular formula is C14H18N2O4. The molecule has 2 rings (SSSR count). The first-order valence-corrected chi connectivity index (χ1v) is 6.62. The molecule has 0 spiro atoms. The molecule has 108 valence electrons. The normalized spacial score (nSPS) is 17.8. The minimum atomic E-state index is -0.473. The van der Waals surface area contributed by atoms with Crippen molar-refractivity contribution in [3.8, 4) is 0 Å². The number of alkyl carbamates (subject to hydrolysis) is 1. The van der Waals surface area contributed by atoms with Crippen LogP contribution in [0.2, 0.25) is 0 Å². The molecule has 1 heterocycles. The number of nitrogens with zero attached hydrogens (tertiary/aromatic N) is 1. The third kappa shape index (κ3) is 3.63. The summed E-state index contributed by atoms with van der Waals surface area (Å²) in [4.78, 5) is 24.4. The van der Waals surface area contributed by atoms with Crippen molar-refractivity contribution in [1.29, 1.82) is 0 Å². The van der Waals surface area contributed by atoms with Crippen molar-refractivity contribution >= 4 is 12.2 Å². The van der Waals surface area contributed by atoms with Crippen LogP contribution >= 0.6 is 0 Å². The first-order valence-electron chi connectivity index (χ1n) is 6.62. The van der Waals surface area contributed by atoms with Crippen molar-refractivity contribution < 1.29 is 19.1 Å². The number of amides is 2. The van der Waals surface area contributed by atoms with E-state index in [1.165, 1.54) is 0 Å². The number of nitrogens with one attached hydrogen (secondary N) is 1. The van der Waals surface area contributed by atoms with Crippen LogP contribution in [0.5, 0.6) is 0 Å². The molecule has 0 aromatic heterocycles. The Balaban J connectivity index is 1.80. The lowest BCUT2D eigenvalue weighted by Crippen LogP contribution is -2.35. The van der Waals surface area contributed by atoms with Gasteiger partial charge in [0.05, 0.1) is 13.2 Å². The number of hydrogen-bond acceptors (Lipinski definition) is 4. The van der Waals surface area contributed by atoms with Gasteiger partial charge in [-0.05, 0) is 12.5 Å². The summed E-state index contributed by atoms with van der Waals surface area (Å²) in [5.41, 5.74) is 0.974. The van der Waals surface area contributed by atoms with Crippen LogP contribution in [0.1, 0.15) is 18.6 Å². The molecule has 1 aromatic rings. The Kier molecular flexibility index (Phi) is 4.81. The SMILES string of the molecule is CCOC(=O)NCCN1CC(c2ccccc2)OC1=O. The van der Waals surface area contributed by atoms with E-state index >= 15 is 0 Å². The number of carbonyl (C=O) groups is 2. The second-order valence-corrected chi connectivity index (χ2v) is 4.38. The van der Waals surface area contributed by atoms with E-state index in [9.17, 15) is 9.59 Å². The summed E-state index contributed by atoms with van der Waals surface area (Å²) >= 11 is 0. The van der Waals surface area contributed by atoms with E-state index in [2.05, 4.69) is 5.32 Å². The fourth-order valence-electron chi connectivity index (χ4n) is 2.01. The Morgan fingerprint density at radius 3 is 2.90 bits per heavy atom. The lowest BCUT2D eigenvalue weighted by Gasteiger charge is -2.13. The van der Waals surface area contributed by atoms with Gasteiger partial charge in [-0.15, -0.1) is 0 Å². The third-order valence-electron chi connectivity index (χ3n) is 2.99. The Labute approximate surface area is 117 Å². The molecule has 1 aliphatic rings. The lowest BCUT2D eigenvalue weighted by atomic mass is 10.1. The molecule has 0 saturated carbocycles. The fraction of sp³-hybridized carbons (Fsp3) is 0.429.